The molecule has 0 radical (unpaired) electrons. The third-order valence-electron chi connectivity index (χ3n) is 2.01. The monoisotopic (exact) mass is 215 g/mol. The molecule has 0 aliphatic heterocycles. The van der Waals surface area contributed by atoms with Gasteiger partial charge in [-0.3, -0.25) is 0 Å². The van der Waals surface area contributed by atoms with E-state index < -0.39 is 6.10 Å². The summed E-state index contributed by atoms with van der Waals surface area (Å²) >= 11 is 5.98. The van der Waals surface area contributed by atoms with Gasteiger partial charge in [0.1, 0.15) is 5.75 Å². The van der Waals surface area contributed by atoms with Crippen LogP contribution in [0.5, 0.6) is 5.75 Å². The molecule has 0 spiro atoms. The van der Waals surface area contributed by atoms with E-state index in [1.165, 1.54) is 0 Å². The van der Waals surface area contributed by atoms with E-state index in [-0.39, 0.29) is 6.54 Å². The van der Waals surface area contributed by atoms with Crippen LogP contribution in [-0.4, -0.2) is 24.9 Å². The fourth-order valence-corrected chi connectivity index (χ4v) is 1.49. The molecule has 0 aliphatic rings. The SMILES string of the molecule is COc1cccc(Cl)c1CC(O)CN. The summed E-state index contributed by atoms with van der Waals surface area (Å²) in [4.78, 5) is 0. The number of aliphatic hydroxyl groups is 1. The van der Waals surface area contributed by atoms with Crippen LogP contribution in [0.15, 0.2) is 18.2 Å². The highest BCUT2D eigenvalue weighted by Crippen LogP contribution is 2.27. The third-order valence-corrected chi connectivity index (χ3v) is 2.36. The molecule has 0 heterocycles. The maximum Gasteiger partial charge on any atom is 0.123 e. The number of ether oxygens (including phenoxy) is 1. The fraction of sp³-hybridized carbons (Fsp3) is 0.400. The number of nitrogens with two attached hydrogens (primary N) is 1. The molecule has 4 heteroatoms. The first-order valence-corrected chi connectivity index (χ1v) is 4.76. The highest BCUT2D eigenvalue weighted by molar-refractivity contribution is 6.31. The molecule has 14 heavy (non-hydrogen) atoms. The summed E-state index contributed by atoms with van der Waals surface area (Å²) in [7, 11) is 1.57. The van der Waals surface area contributed by atoms with Crippen molar-refractivity contribution in [2.24, 2.45) is 5.73 Å². The van der Waals surface area contributed by atoms with E-state index >= 15 is 0 Å². The molecular formula is C10H14ClNO2. The molecule has 0 saturated carbocycles. The third kappa shape index (κ3) is 2.61. The lowest BCUT2D eigenvalue weighted by Gasteiger charge is -2.13. The van der Waals surface area contributed by atoms with Crippen LogP contribution < -0.4 is 10.5 Å². The normalized spacial score (nSPS) is 12.6. The summed E-state index contributed by atoms with van der Waals surface area (Å²) in [6.07, 6.45) is -0.164. The zero-order chi connectivity index (χ0) is 10.6. The minimum absolute atomic E-state index is 0.217. The van der Waals surface area contributed by atoms with Crippen LogP contribution in [0.25, 0.3) is 0 Å². The molecule has 0 aliphatic carbocycles. The van der Waals surface area contributed by atoms with E-state index in [1.54, 1.807) is 19.2 Å². The van der Waals surface area contributed by atoms with Crippen molar-refractivity contribution in [3.8, 4) is 5.75 Å². The molecule has 0 bridgehead atoms. The average molecular weight is 216 g/mol. The Hall–Kier alpha value is -0.770. The van der Waals surface area contributed by atoms with Crippen molar-refractivity contribution in [3.05, 3.63) is 28.8 Å². The Bertz CT molecular complexity index is 304. The van der Waals surface area contributed by atoms with Crippen LogP contribution in [0, 0.1) is 0 Å². The molecule has 3 N–H and O–H groups in total. The van der Waals surface area contributed by atoms with Gasteiger partial charge < -0.3 is 15.6 Å². The van der Waals surface area contributed by atoms with Crippen LogP contribution in [0.3, 0.4) is 0 Å². The second kappa shape index (κ2) is 5.20. The molecule has 0 saturated heterocycles. The van der Waals surface area contributed by atoms with Gasteiger partial charge in [0.2, 0.25) is 0 Å². The second-order valence-electron chi connectivity index (χ2n) is 3.01. The molecule has 1 atom stereocenters. The molecule has 3 nitrogen and oxygen atoms in total. The van der Waals surface area contributed by atoms with E-state index in [9.17, 15) is 5.11 Å². The van der Waals surface area contributed by atoms with Crippen molar-refractivity contribution in [2.45, 2.75) is 12.5 Å². The largest absolute Gasteiger partial charge is 0.496 e. The Labute approximate surface area is 88.4 Å². The van der Waals surface area contributed by atoms with Crippen LogP contribution in [0.2, 0.25) is 5.02 Å². The molecule has 1 aromatic rings. The lowest BCUT2D eigenvalue weighted by atomic mass is 10.1. The summed E-state index contributed by atoms with van der Waals surface area (Å²) in [6.45, 7) is 0.217. The Morgan fingerprint density at radius 2 is 2.29 bits per heavy atom. The number of benzene rings is 1. The van der Waals surface area contributed by atoms with Crippen LogP contribution in [0.4, 0.5) is 0 Å². The standard InChI is InChI=1S/C10H14ClNO2/c1-14-10-4-2-3-9(11)8(10)5-7(13)6-12/h2-4,7,13H,5-6,12H2,1H3. The zero-order valence-electron chi connectivity index (χ0n) is 8.03. The number of halogens is 1. The summed E-state index contributed by atoms with van der Waals surface area (Å²) < 4.78 is 5.14. The highest BCUT2D eigenvalue weighted by atomic mass is 35.5. The predicted octanol–water partition coefficient (Wildman–Crippen LogP) is 1.21. The summed E-state index contributed by atoms with van der Waals surface area (Å²) in [5.41, 5.74) is 6.13. The second-order valence-corrected chi connectivity index (χ2v) is 3.42. The molecule has 1 aromatic carbocycles. The Kier molecular flexibility index (Phi) is 4.20. The average Bonchev–Trinajstić information content (AvgIpc) is 2.20. The Balaban J connectivity index is 2.92. The van der Waals surface area contributed by atoms with Crippen molar-refractivity contribution >= 4 is 11.6 Å². The number of hydrogen-bond acceptors (Lipinski definition) is 3. The first kappa shape index (κ1) is 11.3. The molecule has 1 rings (SSSR count). The van der Waals surface area contributed by atoms with E-state index in [4.69, 9.17) is 22.1 Å². The minimum atomic E-state index is -0.580. The van der Waals surface area contributed by atoms with Crippen molar-refractivity contribution in [3.63, 3.8) is 0 Å². The lowest BCUT2D eigenvalue weighted by molar-refractivity contribution is 0.182. The van der Waals surface area contributed by atoms with E-state index in [2.05, 4.69) is 0 Å². The van der Waals surface area contributed by atoms with E-state index in [1.807, 2.05) is 6.07 Å². The van der Waals surface area contributed by atoms with Gasteiger partial charge in [0.05, 0.1) is 13.2 Å². The van der Waals surface area contributed by atoms with Crippen LogP contribution >= 0.6 is 11.6 Å². The molecule has 1 unspecified atom stereocenters. The van der Waals surface area contributed by atoms with Crippen molar-refractivity contribution in [1.82, 2.24) is 0 Å². The van der Waals surface area contributed by atoms with Crippen molar-refractivity contribution in [1.29, 1.82) is 0 Å². The van der Waals surface area contributed by atoms with Crippen molar-refractivity contribution in [2.75, 3.05) is 13.7 Å². The maximum absolute atomic E-state index is 9.42. The number of methoxy groups -OCH3 is 1. The predicted molar refractivity (Wildman–Crippen MR) is 56.8 cm³/mol. The van der Waals surface area contributed by atoms with Gasteiger partial charge >= 0.3 is 0 Å². The topological polar surface area (TPSA) is 55.5 Å². The highest BCUT2D eigenvalue weighted by Gasteiger charge is 2.11. The van der Waals surface area contributed by atoms with Gasteiger partial charge in [0, 0.05) is 23.6 Å². The molecule has 0 amide bonds. The lowest BCUT2D eigenvalue weighted by Crippen LogP contribution is -2.22. The van der Waals surface area contributed by atoms with E-state index in [0.29, 0.717) is 17.2 Å². The maximum atomic E-state index is 9.42. The van der Waals surface area contributed by atoms with Gasteiger partial charge in [-0.05, 0) is 12.1 Å². The van der Waals surface area contributed by atoms with Crippen molar-refractivity contribution < 1.29 is 9.84 Å². The molecule has 0 fully saturated rings. The number of rotatable bonds is 4. The minimum Gasteiger partial charge on any atom is -0.496 e. The molecule has 0 aromatic heterocycles. The molecule has 78 valence electrons. The molecular weight excluding hydrogens is 202 g/mol. The first-order valence-electron chi connectivity index (χ1n) is 4.38. The van der Waals surface area contributed by atoms with Crippen LogP contribution in [0.1, 0.15) is 5.56 Å². The van der Waals surface area contributed by atoms with Gasteiger partial charge in [0.15, 0.2) is 0 Å². The van der Waals surface area contributed by atoms with Gasteiger partial charge in [-0.15, -0.1) is 0 Å². The number of hydrogen-bond donors (Lipinski definition) is 2. The summed E-state index contributed by atoms with van der Waals surface area (Å²) in [5, 5.41) is 10.0. The van der Waals surface area contributed by atoms with Crippen LogP contribution in [-0.2, 0) is 6.42 Å². The first-order chi connectivity index (χ1) is 6.69. The smallest absolute Gasteiger partial charge is 0.123 e. The van der Waals surface area contributed by atoms with Gasteiger partial charge in [-0.2, -0.15) is 0 Å². The fourth-order valence-electron chi connectivity index (χ4n) is 1.25. The summed E-state index contributed by atoms with van der Waals surface area (Å²) in [6, 6.07) is 5.38. The Morgan fingerprint density at radius 1 is 1.57 bits per heavy atom. The van der Waals surface area contributed by atoms with E-state index in [0.717, 1.165) is 5.56 Å². The zero-order valence-corrected chi connectivity index (χ0v) is 8.79. The van der Waals surface area contributed by atoms with Gasteiger partial charge in [-0.25, -0.2) is 0 Å². The summed E-state index contributed by atoms with van der Waals surface area (Å²) in [5.74, 6) is 0.685. The van der Waals surface area contributed by atoms with Gasteiger partial charge in [-0.1, -0.05) is 17.7 Å². The van der Waals surface area contributed by atoms with Gasteiger partial charge in [0.25, 0.3) is 0 Å². The Morgan fingerprint density at radius 3 is 2.86 bits per heavy atom. The quantitative estimate of drug-likeness (QED) is 0.794. The number of aliphatic hydroxyl groups excluding tert-OH is 1.